The summed E-state index contributed by atoms with van der Waals surface area (Å²) in [5.74, 6) is -0.891. The van der Waals surface area contributed by atoms with Crippen molar-refractivity contribution < 1.29 is 13.5 Å². The number of benzene rings is 1. The minimum absolute atomic E-state index is 0. The Morgan fingerprint density at radius 1 is 1.36 bits per heavy atom. The van der Waals surface area contributed by atoms with Crippen LogP contribution in [0.4, 0.5) is 10.2 Å². The number of nitrogens with two attached hydrogens (primary N) is 2. The van der Waals surface area contributed by atoms with Crippen molar-refractivity contribution in [1.29, 1.82) is 0 Å². The zero-order valence-electron chi connectivity index (χ0n) is 11.6. The summed E-state index contributed by atoms with van der Waals surface area (Å²) < 4.78 is 14.7. The monoisotopic (exact) mass is 326 g/mol. The molecule has 1 aromatic carbocycles. The molecule has 1 saturated carbocycles. The molecule has 1 heterocycles. The van der Waals surface area contributed by atoms with Crippen LogP contribution in [0.15, 0.2) is 24.5 Å². The molecule has 1 aromatic heterocycles. The van der Waals surface area contributed by atoms with Crippen molar-refractivity contribution in [2.45, 2.75) is 18.9 Å². The van der Waals surface area contributed by atoms with Gasteiger partial charge in [0.2, 0.25) is 5.78 Å². The van der Waals surface area contributed by atoms with E-state index in [0.717, 1.165) is 12.8 Å². The Balaban J connectivity index is 0.00000192. The molecule has 0 saturated heterocycles. The standard InChI is InChI=1S/C15H14ClFN4O.3H2/c16-9-4-3-8(14(19)7-1-2-7)13(17)12(9)15(22)10-5-21-11(18)6-20-10;;;/h3-7,14H,1-2,19H2,(H2,18,21);3*1H/t14-;;;/m1.../s1. The number of rotatable bonds is 4. The Morgan fingerprint density at radius 2 is 2.09 bits per heavy atom. The molecule has 0 aliphatic heterocycles. The molecule has 4 N–H and O–H groups in total. The lowest BCUT2D eigenvalue weighted by molar-refractivity contribution is 0.103. The molecular weight excluding hydrogens is 307 g/mol. The Morgan fingerprint density at radius 3 is 2.68 bits per heavy atom. The molecule has 3 rings (SSSR count). The average molecular weight is 327 g/mol. The number of anilines is 1. The predicted octanol–water partition coefficient (Wildman–Crippen LogP) is 3.23. The third-order valence-corrected chi connectivity index (χ3v) is 4.06. The van der Waals surface area contributed by atoms with E-state index in [4.69, 9.17) is 23.1 Å². The lowest BCUT2D eigenvalue weighted by Crippen LogP contribution is -2.17. The Labute approximate surface area is 136 Å². The van der Waals surface area contributed by atoms with E-state index in [0.29, 0.717) is 5.56 Å². The molecule has 22 heavy (non-hydrogen) atoms. The van der Waals surface area contributed by atoms with E-state index in [1.807, 2.05) is 0 Å². The summed E-state index contributed by atoms with van der Waals surface area (Å²) in [7, 11) is 0. The van der Waals surface area contributed by atoms with Crippen molar-refractivity contribution in [3.05, 3.63) is 52.2 Å². The van der Waals surface area contributed by atoms with Gasteiger partial charge in [0.15, 0.2) is 0 Å². The quantitative estimate of drug-likeness (QED) is 0.841. The summed E-state index contributed by atoms with van der Waals surface area (Å²) in [5.41, 5.74) is 11.5. The smallest absolute Gasteiger partial charge is 0.217 e. The Hall–Kier alpha value is -2.05. The Kier molecular flexibility index (Phi) is 3.80. The molecule has 1 atom stereocenters. The first-order valence-electron chi connectivity index (χ1n) is 6.84. The molecule has 1 aliphatic rings. The third kappa shape index (κ3) is 2.67. The van der Waals surface area contributed by atoms with Crippen LogP contribution in [0.1, 0.15) is 44.8 Å². The third-order valence-electron chi connectivity index (χ3n) is 3.74. The van der Waals surface area contributed by atoms with Gasteiger partial charge in [-0.25, -0.2) is 14.4 Å². The summed E-state index contributed by atoms with van der Waals surface area (Å²) >= 11 is 6.00. The van der Waals surface area contributed by atoms with Crippen molar-refractivity contribution in [2.24, 2.45) is 11.7 Å². The first kappa shape index (κ1) is 14.9. The number of ketones is 1. The molecule has 0 bridgehead atoms. The number of nitrogen functional groups attached to an aromatic ring is 1. The van der Waals surface area contributed by atoms with Crippen LogP contribution in [0.3, 0.4) is 0 Å². The summed E-state index contributed by atoms with van der Waals surface area (Å²) in [5, 5.41) is 0.0212. The second-order valence-electron chi connectivity index (χ2n) is 5.34. The zero-order valence-corrected chi connectivity index (χ0v) is 12.3. The predicted molar refractivity (Wildman–Crippen MR) is 87.3 cm³/mol. The van der Waals surface area contributed by atoms with Gasteiger partial charge in [0.25, 0.3) is 0 Å². The number of hydrogen-bond acceptors (Lipinski definition) is 5. The number of nitrogens with zero attached hydrogens (tertiary/aromatic N) is 2. The highest BCUT2D eigenvalue weighted by atomic mass is 35.5. The van der Waals surface area contributed by atoms with E-state index in [1.54, 1.807) is 0 Å². The van der Waals surface area contributed by atoms with Crippen molar-refractivity contribution in [3.8, 4) is 0 Å². The lowest BCUT2D eigenvalue weighted by Gasteiger charge is -2.15. The normalized spacial score (nSPS) is 15.6. The maximum atomic E-state index is 14.7. The van der Waals surface area contributed by atoms with Crippen molar-refractivity contribution in [2.75, 3.05) is 5.73 Å². The molecule has 7 heteroatoms. The SMILES string of the molecule is Nc1cnc(C(=O)c2c(Cl)ccc([C@H](N)C3CC3)c2F)cn1.[HH].[HH].[HH]. The Bertz CT molecular complexity index is 744. The molecule has 1 aliphatic carbocycles. The summed E-state index contributed by atoms with van der Waals surface area (Å²) in [6.07, 6.45) is 4.37. The molecule has 1 fully saturated rings. The highest BCUT2D eigenvalue weighted by Crippen LogP contribution is 2.41. The summed E-state index contributed by atoms with van der Waals surface area (Å²) in [4.78, 5) is 20.1. The van der Waals surface area contributed by atoms with Crippen LogP contribution >= 0.6 is 11.6 Å². The highest BCUT2D eigenvalue weighted by molar-refractivity contribution is 6.34. The van der Waals surface area contributed by atoms with Gasteiger partial charge in [0.1, 0.15) is 17.3 Å². The second kappa shape index (κ2) is 5.62. The minimum Gasteiger partial charge on any atom is -0.382 e. The molecule has 2 aromatic rings. The fourth-order valence-corrected chi connectivity index (χ4v) is 2.56. The number of halogens is 2. The maximum Gasteiger partial charge on any atom is 0.217 e. The van der Waals surface area contributed by atoms with Gasteiger partial charge in [0, 0.05) is 15.9 Å². The summed E-state index contributed by atoms with van der Waals surface area (Å²) in [6, 6.07) is 2.59. The van der Waals surface area contributed by atoms with Gasteiger partial charge in [-0.05, 0) is 24.8 Å². The van der Waals surface area contributed by atoms with Crippen LogP contribution < -0.4 is 11.5 Å². The van der Waals surface area contributed by atoms with Gasteiger partial charge < -0.3 is 11.5 Å². The van der Waals surface area contributed by atoms with Crippen LogP contribution in [-0.4, -0.2) is 15.8 Å². The number of carbonyl (C=O) groups excluding carboxylic acids is 1. The molecular formula is C15H20ClFN4O. The van der Waals surface area contributed by atoms with Gasteiger partial charge in [-0.1, -0.05) is 17.7 Å². The number of aromatic nitrogens is 2. The minimum atomic E-state index is -0.685. The molecule has 120 valence electrons. The fraction of sp³-hybridized carbons (Fsp3) is 0.267. The fourth-order valence-electron chi connectivity index (χ4n) is 2.33. The second-order valence-corrected chi connectivity index (χ2v) is 5.75. The van der Waals surface area contributed by atoms with Crippen molar-refractivity contribution in [3.63, 3.8) is 0 Å². The average Bonchev–Trinajstić information content (AvgIpc) is 3.32. The van der Waals surface area contributed by atoms with E-state index in [1.165, 1.54) is 24.5 Å². The van der Waals surface area contributed by atoms with Gasteiger partial charge in [-0.2, -0.15) is 0 Å². The molecule has 0 unspecified atom stereocenters. The van der Waals surface area contributed by atoms with E-state index in [2.05, 4.69) is 9.97 Å². The van der Waals surface area contributed by atoms with Crippen LogP contribution in [0.5, 0.6) is 0 Å². The largest absolute Gasteiger partial charge is 0.382 e. The molecule has 5 nitrogen and oxygen atoms in total. The lowest BCUT2D eigenvalue weighted by atomic mass is 9.97. The van der Waals surface area contributed by atoms with E-state index >= 15 is 0 Å². The van der Waals surface area contributed by atoms with Gasteiger partial charge in [-0.15, -0.1) is 0 Å². The van der Waals surface area contributed by atoms with Crippen LogP contribution in [0, 0.1) is 11.7 Å². The van der Waals surface area contributed by atoms with E-state index in [9.17, 15) is 9.18 Å². The van der Waals surface area contributed by atoms with Crippen LogP contribution in [0.25, 0.3) is 0 Å². The number of carbonyl (C=O) groups is 1. The first-order valence-corrected chi connectivity index (χ1v) is 7.22. The van der Waals surface area contributed by atoms with Crippen LogP contribution in [-0.2, 0) is 0 Å². The van der Waals surface area contributed by atoms with Gasteiger partial charge in [-0.3, -0.25) is 4.79 Å². The molecule has 0 amide bonds. The van der Waals surface area contributed by atoms with E-state index < -0.39 is 17.6 Å². The highest BCUT2D eigenvalue weighted by Gasteiger charge is 2.33. The topological polar surface area (TPSA) is 94.9 Å². The van der Waals surface area contributed by atoms with Crippen molar-refractivity contribution in [1.82, 2.24) is 9.97 Å². The summed E-state index contributed by atoms with van der Waals surface area (Å²) in [6.45, 7) is 0. The van der Waals surface area contributed by atoms with Crippen molar-refractivity contribution >= 4 is 23.2 Å². The maximum absolute atomic E-state index is 14.7. The van der Waals surface area contributed by atoms with Gasteiger partial charge in [0.05, 0.1) is 23.0 Å². The van der Waals surface area contributed by atoms with Gasteiger partial charge >= 0.3 is 0 Å². The molecule has 0 spiro atoms. The zero-order chi connectivity index (χ0) is 15.9. The van der Waals surface area contributed by atoms with Crippen LogP contribution in [0.2, 0.25) is 5.02 Å². The molecule has 0 radical (unpaired) electrons. The number of hydrogen-bond donors (Lipinski definition) is 2. The van der Waals surface area contributed by atoms with E-state index in [-0.39, 0.29) is 32.3 Å². The first-order chi connectivity index (χ1) is 10.5.